The van der Waals surface area contributed by atoms with Crippen molar-refractivity contribution >= 4 is 5.91 Å². The molecule has 4 heteroatoms. The zero-order valence-corrected chi connectivity index (χ0v) is 12.9. The van der Waals surface area contributed by atoms with Gasteiger partial charge in [-0.1, -0.05) is 32.1 Å². The molecule has 1 saturated heterocycles. The minimum atomic E-state index is -0.338. The molecule has 2 N–H and O–H groups in total. The highest BCUT2D eigenvalue weighted by Crippen LogP contribution is 2.26. The third kappa shape index (κ3) is 4.45. The summed E-state index contributed by atoms with van der Waals surface area (Å²) < 4.78 is 5.34. The van der Waals surface area contributed by atoms with E-state index in [2.05, 4.69) is 0 Å². The van der Waals surface area contributed by atoms with E-state index in [0.717, 1.165) is 44.9 Å². The molecule has 0 aromatic heterocycles. The Kier molecular flexibility index (Phi) is 6.30. The first kappa shape index (κ1) is 15.8. The molecule has 0 spiro atoms. The van der Waals surface area contributed by atoms with Crippen LogP contribution in [0.1, 0.15) is 51.4 Å². The molecule has 0 aromatic rings. The Morgan fingerprint density at radius 1 is 1.20 bits per heavy atom. The van der Waals surface area contributed by atoms with Gasteiger partial charge in [-0.3, -0.25) is 4.79 Å². The monoisotopic (exact) mass is 282 g/mol. The van der Waals surface area contributed by atoms with Crippen LogP contribution in [-0.2, 0) is 9.53 Å². The second-order valence-electron chi connectivity index (χ2n) is 6.53. The van der Waals surface area contributed by atoms with Gasteiger partial charge in [0, 0.05) is 26.8 Å². The number of nitrogens with two attached hydrogens (primary N) is 1. The van der Waals surface area contributed by atoms with Gasteiger partial charge in [0.05, 0.1) is 6.04 Å². The SMILES string of the molecule is CN(CCC1CCCCC1)C(=O)C(N)C1CCOCC1. The van der Waals surface area contributed by atoms with Crippen molar-refractivity contribution in [3.63, 3.8) is 0 Å². The van der Waals surface area contributed by atoms with E-state index in [-0.39, 0.29) is 11.9 Å². The summed E-state index contributed by atoms with van der Waals surface area (Å²) in [4.78, 5) is 14.2. The molecule has 1 saturated carbocycles. The molecule has 4 nitrogen and oxygen atoms in total. The van der Waals surface area contributed by atoms with Crippen LogP contribution in [0.5, 0.6) is 0 Å². The largest absolute Gasteiger partial charge is 0.381 e. The average Bonchev–Trinajstić information content (AvgIpc) is 2.53. The number of rotatable bonds is 5. The van der Waals surface area contributed by atoms with Crippen molar-refractivity contribution in [3.8, 4) is 0 Å². The third-order valence-corrected chi connectivity index (χ3v) is 5.03. The van der Waals surface area contributed by atoms with Crippen LogP contribution in [0.2, 0.25) is 0 Å². The zero-order chi connectivity index (χ0) is 14.4. The molecule has 1 atom stereocenters. The second-order valence-corrected chi connectivity index (χ2v) is 6.53. The van der Waals surface area contributed by atoms with Crippen LogP contribution in [0.25, 0.3) is 0 Å². The van der Waals surface area contributed by atoms with E-state index in [0.29, 0.717) is 5.92 Å². The molecule has 1 aliphatic heterocycles. The molecule has 116 valence electrons. The molecule has 20 heavy (non-hydrogen) atoms. The van der Waals surface area contributed by atoms with Gasteiger partial charge in [0.1, 0.15) is 0 Å². The summed E-state index contributed by atoms with van der Waals surface area (Å²) in [6.07, 6.45) is 9.78. The average molecular weight is 282 g/mol. The Labute approximate surface area is 123 Å². The Balaban J connectivity index is 1.72. The third-order valence-electron chi connectivity index (χ3n) is 5.03. The first-order chi connectivity index (χ1) is 9.68. The van der Waals surface area contributed by atoms with Gasteiger partial charge in [0.25, 0.3) is 0 Å². The van der Waals surface area contributed by atoms with Crippen LogP contribution < -0.4 is 5.73 Å². The molecule has 2 fully saturated rings. The summed E-state index contributed by atoms with van der Waals surface area (Å²) in [5.74, 6) is 1.24. The second kappa shape index (κ2) is 7.99. The molecule has 0 radical (unpaired) electrons. The summed E-state index contributed by atoms with van der Waals surface area (Å²) in [5.41, 5.74) is 6.15. The fourth-order valence-corrected chi connectivity index (χ4v) is 3.49. The van der Waals surface area contributed by atoms with Crippen molar-refractivity contribution in [3.05, 3.63) is 0 Å². The van der Waals surface area contributed by atoms with E-state index in [1.165, 1.54) is 32.1 Å². The molecule has 2 rings (SSSR count). The van der Waals surface area contributed by atoms with E-state index in [9.17, 15) is 4.79 Å². The molecular formula is C16H30N2O2. The lowest BCUT2D eigenvalue weighted by Crippen LogP contribution is -2.48. The quantitative estimate of drug-likeness (QED) is 0.841. The highest BCUT2D eigenvalue weighted by Gasteiger charge is 2.28. The molecular weight excluding hydrogens is 252 g/mol. The maximum absolute atomic E-state index is 12.4. The van der Waals surface area contributed by atoms with Crippen molar-refractivity contribution in [2.45, 2.75) is 57.4 Å². The van der Waals surface area contributed by atoms with Crippen LogP contribution in [0, 0.1) is 11.8 Å². The van der Waals surface area contributed by atoms with Crippen LogP contribution >= 0.6 is 0 Å². The predicted molar refractivity (Wildman–Crippen MR) is 80.3 cm³/mol. The number of amides is 1. The minimum Gasteiger partial charge on any atom is -0.381 e. The number of nitrogens with zero attached hydrogens (tertiary/aromatic N) is 1. The topological polar surface area (TPSA) is 55.6 Å². The molecule has 1 amide bonds. The first-order valence-electron chi connectivity index (χ1n) is 8.27. The zero-order valence-electron chi connectivity index (χ0n) is 12.9. The van der Waals surface area contributed by atoms with E-state index in [4.69, 9.17) is 10.5 Å². The lowest BCUT2D eigenvalue weighted by molar-refractivity contribution is -0.133. The normalized spacial score (nSPS) is 23.5. The molecule has 1 aliphatic carbocycles. The van der Waals surface area contributed by atoms with Crippen molar-refractivity contribution in [1.82, 2.24) is 4.90 Å². The maximum Gasteiger partial charge on any atom is 0.239 e. The first-order valence-corrected chi connectivity index (χ1v) is 8.27. The number of hydrogen-bond donors (Lipinski definition) is 1. The van der Waals surface area contributed by atoms with Gasteiger partial charge in [-0.2, -0.15) is 0 Å². The van der Waals surface area contributed by atoms with Gasteiger partial charge in [0.15, 0.2) is 0 Å². The number of carbonyl (C=O) groups is 1. The van der Waals surface area contributed by atoms with Gasteiger partial charge in [0.2, 0.25) is 5.91 Å². The molecule has 0 bridgehead atoms. The van der Waals surface area contributed by atoms with E-state index in [1.807, 2.05) is 11.9 Å². The van der Waals surface area contributed by atoms with Crippen molar-refractivity contribution in [2.24, 2.45) is 17.6 Å². The summed E-state index contributed by atoms with van der Waals surface area (Å²) in [5, 5.41) is 0. The lowest BCUT2D eigenvalue weighted by atomic mass is 9.87. The summed E-state index contributed by atoms with van der Waals surface area (Å²) in [6.45, 7) is 2.36. The maximum atomic E-state index is 12.4. The van der Waals surface area contributed by atoms with Gasteiger partial charge >= 0.3 is 0 Å². The van der Waals surface area contributed by atoms with Gasteiger partial charge in [-0.05, 0) is 31.1 Å². The highest BCUT2D eigenvalue weighted by molar-refractivity contribution is 5.81. The number of carbonyl (C=O) groups excluding carboxylic acids is 1. The Morgan fingerprint density at radius 3 is 2.50 bits per heavy atom. The van der Waals surface area contributed by atoms with Crippen molar-refractivity contribution < 1.29 is 9.53 Å². The Hall–Kier alpha value is -0.610. The fourth-order valence-electron chi connectivity index (χ4n) is 3.49. The van der Waals surface area contributed by atoms with Crippen molar-refractivity contribution in [1.29, 1.82) is 0 Å². The molecule has 2 aliphatic rings. The van der Waals surface area contributed by atoms with E-state index in [1.54, 1.807) is 0 Å². The van der Waals surface area contributed by atoms with Crippen LogP contribution in [-0.4, -0.2) is 43.7 Å². The van der Waals surface area contributed by atoms with Crippen LogP contribution in [0.4, 0.5) is 0 Å². The molecule has 1 heterocycles. The van der Waals surface area contributed by atoms with Gasteiger partial charge < -0.3 is 15.4 Å². The summed E-state index contributed by atoms with van der Waals surface area (Å²) >= 11 is 0. The smallest absolute Gasteiger partial charge is 0.239 e. The number of ether oxygens (including phenoxy) is 1. The van der Waals surface area contributed by atoms with Gasteiger partial charge in [-0.25, -0.2) is 0 Å². The highest BCUT2D eigenvalue weighted by atomic mass is 16.5. The summed E-state index contributed by atoms with van der Waals surface area (Å²) in [7, 11) is 1.91. The van der Waals surface area contributed by atoms with Crippen molar-refractivity contribution in [2.75, 3.05) is 26.8 Å². The minimum absolute atomic E-state index is 0.118. The van der Waals surface area contributed by atoms with Gasteiger partial charge in [-0.15, -0.1) is 0 Å². The van der Waals surface area contributed by atoms with Crippen LogP contribution in [0.3, 0.4) is 0 Å². The predicted octanol–water partition coefficient (Wildman–Crippen LogP) is 2.17. The number of likely N-dealkylation sites (N-methyl/N-ethyl adjacent to an activating group) is 1. The summed E-state index contributed by atoms with van der Waals surface area (Å²) in [6, 6.07) is -0.338. The van der Waals surface area contributed by atoms with E-state index >= 15 is 0 Å². The van der Waals surface area contributed by atoms with E-state index < -0.39 is 0 Å². The fraction of sp³-hybridized carbons (Fsp3) is 0.938. The Morgan fingerprint density at radius 2 is 1.85 bits per heavy atom. The Bertz CT molecular complexity index is 297. The molecule has 0 aromatic carbocycles. The number of hydrogen-bond acceptors (Lipinski definition) is 3. The lowest BCUT2D eigenvalue weighted by Gasteiger charge is -2.31. The van der Waals surface area contributed by atoms with Crippen LogP contribution in [0.15, 0.2) is 0 Å². The molecule has 1 unspecified atom stereocenters. The standard InChI is InChI=1S/C16H30N2O2/c1-18(10-7-13-5-3-2-4-6-13)16(19)15(17)14-8-11-20-12-9-14/h13-15H,2-12,17H2,1H3.